The highest BCUT2D eigenvalue weighted by molar-refractivity contribution is 6.36. The molecule has 2 N–H and O–H groups in total. The summed E-state index contributed by atoms with van der Waals surface area (Å²) >= 11 is 0. The number of benzene rings is 2. The molecule has 2 heterocycles. The third-order valence-corrected chi connectivity index (χ3v) is 5.36. The Bertz CT molecular complexity index is 1220. The number of hydrogen-bond acceptors (Lipinski definition) is 5. The first kappa shape index (κ1) is 22.0. The SMILES string of the molecule is CCc1ccc(NC2=C(c3ccc(NC(C)=O)cc3)C(=O)N(Cc3cccnc3)C2=O)cc1. The van der Waals surface area contributed by atoms with Crippen LogP contribution in [0, 0.1) is 0 Å². The van der Waals surface area contributed by atoms with E-state index in [1.165, 1.54) is 17.4 Å². The maximum atomic E-state index is 13.4. The standard InChI is InChI=1S/C26H24N4O3/c1-3-18-6-10-22(11-7-18)29-24-23(20-8-12-21(13-9-20)28-17(2)31)25(32)30(26(24)33)16-19-5-4-14-27-15-19/h4-15,29H,3,16H2,1-2H3,(H,28,31). The molecule has 0 radical (unpaired) electrons. The van der Waals surface area contributed by atoms with Gasteiger partial charge in [0.05, 0.1) is 12.1 Å². The summed E-state index contributed by atoms with van der Waals surface area (Å²) in [6, 6.07) is 18.2. The zero-order valence-electron chi connectivity index (χ0n) is 18.5. The van der Waals surface area contributed by atoms with Crippen LogP contribution in [0.1, 0.15) is 30.5 Å². The van der Waals surface area contributed by atoms with E-state index in [1.807, 2.05) is 30.3 Å². The number of anilines is 2. The van der Waals surface area contributed by atoms with E-state index < -0.39 is 5.91 Å². The fraction of sp³-hybridized carbons (Fsp3) is 0.154. The number of imide groups is 1. The van der Waals surface area contributed by atoms with E-state index in [0.717, 1.165) is 17.7 Å². The highest BCUT2D eigenvalue weighted by atomic mass is 16.2. The van der Waals surface area contributed by atoms with E-state index in [2.05, 4.69) is 22.5 Å². The van der Waals surface area contributed by atoms with Gasteiger partial charge < -0.3 is 10.6 Å². The molecule has 1 aromatic heterocycles. The Labute approximate surface area is 192 Å². The Morgan fingerprint density at radius 3 is 2.21 bits per heavy atom. The molecule has 7 nitrogen and oxygen atoms in total. The molecular weight excluding hydrogens is 416 g/mol. The smallest absolute Gasteiger partial charge is 0.278 e. The summed E-state index contributed by atoms with van der Waals surface area (Å²) < 4.78 is 0. The van der Waals surface area contributed by atoms with E-state index in [9.17, 15) is 14.4 Å². The molecule has 1 aliphatic heterocycles. The molecule has 0 atom stereocenters. The summed E-state index contributed by atoms with van der Waals surface area (Å²) in [5.74, 6) is -0.970. The topological polar surface area (TPSA) is 91.4 Å². The maximum Gasteiger partial charge on any atom is 0.278 e. The minimum Gasteiger partial charge on any atom is -0.350 e. The van der Waals surface area contributed by atoms with Crippen LogP contribution in [0.5, 0.6) is 0 Å². The lowest BCUT2D eigenvalue weighted by Crippen LogP contribution is -2.32. The first-order valence-electron chi connectivity index (χ1n) is 10.7. The number of hydrogen-bond donors (Lipinski definition) is 2. The predicted molar refractivity (Wildman–Crippen MR) is 127 cm³/mol. The van der Waals surface area contributed by atoms with Crippen molar-refractivity contribution >= 4 is 34.7 Å². The first-order valence-corrected chi connectivity index (χ1v) is 10.7. The quantitative estimate of drug-likeness (QED) is 0.542. The van der Waals surface area contributed by atoms with Crippen LogP contribution in [0.15, 0.2) is 78.8 Å². The van der Waals surface area contributed by atoms with Gasteiger partial charge in [-0.2, -0.15) is 0 Å². The van der Waals surface area contributed by atoms with Gasteiger partial charge in [0.2, 0.25) is 5.91 Å². The Balaban J connectivity index is 1.70. The number of nitrogens with zero attached hydrogens (tertiary/aromatic N) is 2. The van der Waals surface area contributed by atoms with Crippen LogP contribution in [0.2, 0.25) is 0 Å². The number of nitrogens with one attached hydrogen (secondary N) is 2. The van der Waals surface area contributed by atoms with Crippen LogP contribution in [0.3, 0.4) is 0 Å². The number of rotatable bonds is 7. The molecular formula is C26H24N4O3. The van der Waals surface area contributed by atoms with Gasteiger partial charge in [0, 0.05) is 30.7 Å². The summed E-state index contributed by atoms with van der Waals surface area (Å²) in [6.45, 7) is 3.62. The molecule has 0 saturated heterocycles. The van der Waals surface area contributed by atoms with Gasteiger partial charge in [-0.3, -0.25) is 24.3 Å². The highest BCUT2D eigenvalue weighted by Crippen LogP contribution is 2.32. The van der Waals surface area contributed by atoms with Crippen LogP contribution in [-0.2, 0) is 27.3 Å². The molecule has 0 spiro atoms. The van der Waals surface area contributed by atoms with Crippen LogP contribution in [0.25, 0.3) is 5.57 Å². The molecule has 7 heteroatoms. The van der Waals surface area contributed by atoms with Crippen molar-refractivity contribution in [2.24, 2.45) is 0 Å². The summed E-state index contributed by atoms with van der Waals surface area (Å²) in [5, 5.41) is 5.87. The Kier molecular flexibility index (Phi) is 6.31. The van der Waals surface area contributed by atoms with Crippen molar-refractivity contribution in [3.8, 4) is 0 Å². The van der Waals surface area contributed by atoms with E-state index in [0.29, 0.717) is 11.3 Å². The van der Waals surface area contributed by atoms with Gasteiger partial charge in [-0.25, -0.2) is 0 Å². The van der Waals surface area contributed by atoms with Crippen LogP contribution < -0.4 is 10.6 Å². The number of amides is 3. The number of pyridine rings is 1. The molecule has 2 aromatic carbocycles. The second kappa shape index (κ2) is 9.48. The Morgan fingerprint density at radius 2 is 1.61 bits per heavy atom. The molecule has 0 unspecified atom stereocenters. The summed E-state index contributed by atoms with van der Waals surface area (Å²) in [5.41, 5.74) is 4.37. The third-order valence-electron chi connectivity index (χ3n) is 5.36. The van der Waals surface area contributed by atoms with Crippen molar-refractivity contribution in [2.45, 2.75) is 26.8 Å². The number of aryl methyl sites for hydroxylation is 1. The fourth-order valence-electron chi connectivity index (χ4n) is 3.67. The predicted octanol–water partition coefficient (Wildman–Crippen LogP) is 3.99. The lowest BCUT2D eigenvalue weighted by molar-refractivity contribution is -0.137. The Hall–Kier alpha value is -4.26. The molecule has 0 fully saturated rings. The van der Waals surface area contributed by atoms with E-state index >= 15 is 0 Å². The number of carbonyl (C=O) groups excluding carboxylic acids is 3. The molecule has 0 bridgehead atoms. The van der Waals surface area contributed by atoms with Gasteiger partial charge in [0.1, 0.15) is 5.70 Å². The first-order chi connectivity index (χ1) is 16.0. The zero-order chi connectivity index (χ0) is 23.4. The van der Waals surface area contributed by atoms with Crippen molar-refractivity contribution in [1.29, 1.82) is 0 Å². The third kappa shape index (κ3) is 4.82. The molecule has 1 aliphatic rings. The van der Waals surface area contributed by atoms with Gasteiger partial charge in [0.15, 0.2) is 0 Å². The monoisotopic (exact) mass is 440 g/mol. The largest absolute Gasteiger partial charge is 0.350 e. The van der Waals surface area contributed by atoms with E-state index in [-0.39, 0.29) is 29.6 Å². The molecule has 3 amide bonds. The molecule has 3 aromatic rings. The normalized spacial score (nSPS) is 13.5. The van der Waals surface area contributed by atoms with E-state index in [1.54, 1.807) is 42.7 Å². The average Bonchev–Trinajstić information content (AvgIpc) is 3.05. The average molecular weight is 441 g/mol. The minimum atomic E-state index is -0.399. The van der Waals surface area contributed by atoms with Crippen molar-refractivity contribution in [3.63, 3.8) is 0 Å². The van der Waals surface area contributed by atoms with Gasteiger partial charge in [-0.1, -0.05) is 37.3 Å². The number of aromatic nitrogens is 1. The second-order valence-corrected chi connectivity index (χ2v) is 7.74. The van der Waals surface area contributed by atoms with Gasteiger partial charge in [-0.15, -0.1) is 0 Å². The van der Waals surface area contributed by atoms with Crippen LogP contribution in [-0.4, -0.2) is 27.6 Å². The highest BCUT2D eigenvalue weighted by Gasteiger charge is 2.39. The molecule has 4 rings (SSSR count). The van der Waals surface area contributed by atoms with E-state index in [4.69, 9.17) is 0 Å². The molecule has 0 saturated carbocycles. The van der Waals surface area contributed by atoms with Crippen molar-refractivity contribution in [1.82, 2.24) is 9.88 Å². The maximum absolute atomic E-state index is 13.4. The van der Waals surface area contributed by atoms with Gasteiger partial charge >= 0.3 is 0 Å². The summed E-state index contributed by atoms with van der Waals surface area (Å²) in [6.07, 6.45) is 4.19. The van der Waals surface area contributed by atoms with Gasteiger partial charge in [0.25, 0.3) is 11.8 Å². The minimum absolute atomic E-state index is 0.124. The molecule has 0 aliphatic carbocycles. The zero-order valence-corrected chi connectivity index (χ0v) is 18.5. The van der Waals surface area contributed by atoms with Crippen molar-refractivity contribution in [2.75, 3.05) is 10.6 Å². The molecule has 166 valence electrons. The summed E-state index contributed by atoms with van der Waals surface area (Å²) in [4.78, 5) is 43.4. The van der Waals surface area contributed by atoms with Crippen LogP contribution >= 0.6 is 0 Å². The number of carbonyl (C=O) groups is 3. The summed E-state index contributed by atoms with van der Waals surface area (Å²) in [7, 11) is 0. The fourth-order valence-corrected chi connectivity index (χ4v) is 3.67. The van der Waals surface area contributed by atoms with Gasteiger partial charge in [-0.05, 0) is 53.4 Å². The lowest BCUT2D eigenvalue weighted by Gasteiger charge is -2.15. The van der Waals surface area contributed by atoms with Crippen LogP contribution in [0.4, 0.5) is 11.4 Å². The van der Waals surface area contributed by atoms with Crippen molar-refractivity contribution < 1.29 is 14.4 Å². The second-order valence-electron chi connectivity index (χ2n) is 7.74. The van der Waals surface area contributed by atoms with Crippen molar-refractivity contribution in [3.05, 3.63) is 95.4 Å². The molecule has 33 heavy (non-hydrogen) atoms. The Morgan fingerprint density at radius 1 is 0.909 bits per heavy atom. The lowest BCUT2D eigenvalue weighted by atomic mass is 10.0.